The molecule has 4 heterocycles. The number of carbonyl (C=O) groups excluding carboxylic acids is 1. The maximum absolute atomic E-state index is 14.0. The monoisotopic (exact) mass is 662 g/mol. The van der Waals surface area contributed by atoms with Crippen LogP contribution in [-0.2, 0) is 9.63 Å². The first-order valence-electron chi connectivity index (χ1n) is 16.6. The number of piperazine rings is 1. The molecule has 13 heteroatoms. The summed E-state index contributed by atoms with van der Waals surface area (Å²) in [5.41, 5.74) is 2.53. The molecular weight excluding hydrogens is 618 g/mol. The van der Waals surface area contributed by atoms with Gasteiger partial charge in [-0.3, -0.25) is 19.4 Å². The highest BCUT2D eigenvalue weighted by atomic mass is 19.1. The van der Waals surface area contributed by atoms with Crippen LogP contribution in [0.15, 0.2) is 55.4 Å². The Kier molecular flexibility index (Phi) is 10.4. The van der Waals surface area contributed by atoms with Crippen LogP contribution in [0.25, 0.3) is 0 Å². The predicted octanol–water partition coefficient (Wildman–Crippen LogP) is 5.51. The average molecular weight is 663 g/mol. The van der Waals surface area contributed by atoms with Crippen LogP contribution in [0.2, 0.25) is 0 Å². The standard InChI is InChI=1S/C35H44F2N8O3/c1-5-35(46)41-28-19-29(32(47-4)20-31(28)44-9-6-27(7-10-44)43-13-11-42(12-14-43)23(2)3)40-33-21-34(39-22-38-33)45-30(8-15-48-45)24-16-25(36)18-26(37)17-24/h5,16-23,27,30H,1,6-15H2,2-4H3,(H,41,46)(H,38,39,40)/t30-/m1/s1. The minimum atomic E-state index is -0.652. The van der Waals surface area contributed by atoms with Gasteiger partial charge in [-0.15, -0.1) is 0 Å². The van der Waals surface area contributed by atoms with E-state index in [-0.39, 0.29) is 5.91 Å². The third-order valence-corrected chi connectivity index (χ3v) is 9.48. The number of methoxy groups -OCH3 is 1. The van der Waals surface area contributed by atoms with E-state index in [4.69, 9.17) is 9.57 Å². The summed E-state index contributed by atoms with van der Waals surface area (Å²) in [5.74, 6) is -0.198. The molecule has 0 aliphatic carbocycles. The summed E-state index contributed by atoms with van der Waals surface area (Å²) < 4.78 is 33.9. The fourth-order valence-electron chi connectivity index (χ4n) is 6.91. The van der Waals surface area contributed by atoms with Crippen molar-refractivity contribution < 1.29 is 23.1 Å². The molecule has 2 aromatic carbocycles. The largest absolute Gasteiger partial charge is 0.494 e. The van der Waals surface area contributed by atoms with Gasteiger partial charge in [-0.05, 0) is 56.5 Å². The molecule has 6 rings (SSSR count). The number of hydrogen-bond donors (Lipinski definition) is 2. The maximum atomic E-state index is 14.0. The number of nitrogens with zero attached hydrogens (tertiary/aromatic N) is 6. The van der Waals surface area contributed by atoms with Crippen LogP contribution in [0.3, 0.4) is 0 Å². The van der Waals surface area contributed by atoms with E-state index in [1.54, 1.807) is 18.2 Å². The Hall–Kier alpha value is -4.33. The second-order valence-corrected chi connectivity index (χ2v) is 12.7. The first-order chi connectivity index (χ1) is 23.2. The Balaban J connectivity index is 1.20. The number of rotatable bonds is 10. The SMILES string of the molecule is C=CC(=O)Nc1cc(Nc2cc(N3OCC[C@@H]3c3cc(F)cc(F)c3)ncn2)c(OC)cc1N1CCC(N2CCN(C(C)C)CC2)CC1. The normalized spacial score (nSPS) is 19.5. The molecule has 3 saturated heterocycles. The van der Waals surface area contributed by atoms with E-state index in [2.05, 4.69) is 55.7 Å². The van der Waals surface area contributed by atoms with Gasteiger partial charge in [0, 0.05) is 76.0 Å². The fourth-order valence-corrected chi connectivity index (χ4v) is 6.91. The molecule has 1 atom stereocenters. The minimum Gasteiger partial charge on any atom is -0.494 e. The molecule has 1 amide bonds. The Labute approximate surface area is 280 Å². The molecule has 0 bridgehead atoms. The van der Waals surface area contributed by atoms with Crippen LogP contribution >= 0.6 is 0 Å². The number of hydrogen-bond acceptors (Lipinski definition) is 10. The van der Waals surface area contributed by atoms with Gasteiger partial charge in [-0.25, -0.2) is 23.8 Å². The summed E-state index contributed by atoms with van der Waals surface area (Å²) in [6.45, 7) is 14.6. The molecule has 0 radical (unpaired) electrons. The molecule has 2 N–H and O–H groups in total. The second kappa shape index (κ2) is 14.8. The lowest BCUT2D eigenvalue weighted by Gasteiger charge is -2.44. The van der Waals surface area contributed by atoms with E-state index >= 15 is 0 Å². The number of ether oxygens (including phenoxy) is 1. The van der Waals surface area contributed by atoms with Crippen molar-refractivity contribution in [3.8, 4) is 5.75 Å². The summed E-state index contributed by atoms with van der Waals surface area (Å²) in [6, 6.07) is 9.59. The molecule has 256 valence electrons. The average Bonchev–Trinajstić information content (AvgIpc) is 3.59. The van der Waals surface area contributed by atoms with Gasteiger partial charge < -0.3 is 20.3 Å². The van der Waals surface area contributed by atoms with Crippen LogP contribution in [0.1, 0.15) is 44.7 Å². The smallest absolute Gasteiger partial charge is 0.247 e. The van der Waals surface area contributed by atoms with Crippen LogP contribution in [0.5, 0.6) is 5.75 Å². The second-order valence-electron chi connectivity index (χ2n) is 12.7. The van der Waals surface area contributed by atoms with E-state index in [1.165, 1.54) is 24.5 Å². The highest BCUT2D eigenvalue weighted by Gasteiger charge is 2.31. The van der Waals surface area contributed by atoms with E-state index in [1.807, 2.05) is 12.1 Å². The van der Waals surface area contributed by atoms with Crippen LogP contribution in [0, 0.1) is 11.6 Å². The van der Waals surface area contributed by atoms with Gasteiger partial charge in [0.15, 0.2) is 5.82 Å². The van der Waals surface area contributed by atoms with Crippen molar-refractivity contribution in [3.63, 3.8) is 0 Å². The van der Waals surface area contributed by atoms with Crippen molar-refractivity contribution in [1.82, 2.24) is 19.8 Å². The number of aromatic nitrogens is 2. The van der Waals surface area contributed by atoms with Gasteiger partial charge in [0.1, 0.15) is 29.5 Å². The van der Waals surface area contributed by atoms with Crippen LogP contribution in [-0.4, -0.2) is 90.7 Å². The molecule has 3 aliphatic rings. The van der Waals surface area contributed by atoms with Crippen molar-refractivity contribution in [1.29, 1.82) is 0 Å². The van der Waals surface area contributed by atoms with E-state index < -0.39 is 17.7 Å². The highest BCUT2D eigenvalue weighted by molar-refractivity contribution is 6.02. The first kappa shape index (κ1) is 33.6. The zero-order chi connectivity index (χ0) is 33.8. The zero-order valence-corrected chi connectivity index (χ0v) is 27.8. The van der Waals surface area contributed by atoms with Gasteiger partial charge in [0.05, 0.1) is 36.8 Å². The third-order valence-electron chi connectivity index (χ3n) is 9.48. The number of hydroxylamine groups is 1. The van der Waals surface area contributed by atoms with Crippen LogP contribution < -0.4 is 25.3 Å². The summed E-state index contributed by atoms with van der Waals surface area (Å²) in [4.78, 5) is 34.6. The summed E-state index contributed by atoms with van der Waals surface area (Å²) >= 11 is 0. The summed E-state index contributed by atoms with van der Waals surface area (Å²) in [7, 11) is 1.60. The van der Waals surface area contributed by atoms with Crippen molar-refractivity contribution in [2.75, 3.05) is 73.6 Å². The topological polar surface area (TPSA) is 98.3 Å². The molecule has 11 nitrogen and oxygen atoms in total. The Bertz CT molecular complexity index is 1590. The van der Waals surface area contributed by atoms with Gasteiger partial charge >= 0.3 is 0 Å². The number of piperidine rings is 1. The Morgan fingerprint density at radius 2 is 1.71 bits per heavy atom. The Morgan fingerprint density at radius 1 is 0.979 bits per heavy atom. The van der Waals surface area contributed by atoms with Gasteiger partial charge in [-0.2, -0.15) is 0 Å². The molecule has 0 saturated carbocycles. The van der Waals surface area contributed by atoms with E-state index in [9.17, 15) is 13.6 Å². The maximum Gasteiger partial charge on any atom is 0.247 e. The molecule has 3 fully saturated rings. The Morgan fingerprint density at radius 3 is 2.38 bits per heavy atom. The molecule has 0 unspecified atom stereocenters. The quantitative estimate of drug-likeness (QED) is 0.271. The molecule has 0 spiro atoms. The number of benzene rings is 2. The molecule has 1 aromatic heterocycles. The number of amides is 1. The van der Waals surface area contributed by atoms with Crippen molar-refractivity contribution in [2.24, 2.45) is 0 Å². The van der Waals surface area contributed by atoms with Gasteiger partial charge in [-0.1, -0.05) is 6.58 Å². The van der Waals surface area contributed by atoms with Gasteiger partial charge in [0.25, 0.3) is 0 Å². The van der Waals surface area contributed by atoms with E-state index in [0.29, 0.717) is 59.4 Å². The summed E-state index contributed by atoms with van der Waals surface area (Å²) in [5, 5.41) is 7.83. The van der Waals surface area contributed by atoms with Crippen molar-refractivity contribution in [2.45, 2.75) is 51.2 Å². The number of anilines is 5. The number of nitrogens with one attached hydrogen (secondary N) is 2. The van der Waals surface area contributed by atoms with Crippen molar-refractivity contribution >= 4 is 34.6 Å². The summed E-state index contributed by atoms with van der Waals surface area (Å²) in [6.07, 6.45) is 5.23. The fraction of sp³-hybridized carbons (Fsp3) is 0.457. The molecular formula is C35H44F2N8O3. The predicted molar refractivity (Wildman–Crippen MR) is 183 cm³/mol. The van der Waals surface area contributed by atoms with Gasteiger partial charge in [0.2, 0.25) is 5.91 Å². The number of carbonyl (C=O) groups is 1. The number of halogens is 2. The first-order valence-corrected chi connectivity index (χ1v) is 16.6. The van der Waals surface area contributed by atoms with Crippen LogP contribution in [0.4, 0.5) is 37.5 Å². The third kappa shape index (κ3) is 7.53. The lowest BCUT2D eigenvalue weighted by Crippen LogP contribution is -2.54. The minimum absolute atomic E-state index is 0.319. The van der Waals surface area contributed by atoms with Crippen molar-refractivity contribution in [3.05, 3.63) is 72.6 Å². The zero-order valence-electron chi connectivity index (χ0n) is 27.8. The molecule has 48 heavy (non-hydrogen) atoms. The molecule has 3 aromatic rings. The highest BCUT2D eigenvalue weighted by Crippen LogP contribution is 2.41. The lowest BCUT2D eigenvalue weighted by molar-refractivity contribution is -0.111. The van der Waals surface area contributed by atoms with E-state index in [0.717, 1.165) is 63.9 Å². The molecule has 3 aliphatic heterocycles. The lowest BCUT2D eigenvalue weighted by atomic mass is 10.0.